The van der Waals surface area contributed by atoms with Gasteiger partial charge < -0.3 is 14.6 Å². The number of carbonyl (C=O) groups is 2. The number of anilines is 1. The summed E-state index contributed by atoms with van der Waals surface area (Å²) in [4.78, 5) is 29.7. The second-order valence-electron chi connectivity index (χ2n) is 6.92. The quantitative estimate of drug-likeness (QED) is 0.593. The van der Waals surface area contributed by atoms with Crippen LogP contribution in [0.5, 0.6) is 0 Å². The molecule has 7 heteroatoms. The number of nitrogens with zero attached hydrogens (tertiary/aromatic N) is 2. The van der Waals surface area contributed by atoms with Crippen LogP contribution in [0.25, 0.3) is 11.0 Å². The summed E-state index contributed by atoms with van der Waals surface area (Å²) in [7, 11) is 0. The number of hydrogen-bond donors (Lipinski definition) is 1. The lowest BCUT2D eigenvalue weighted by molar-refractivity contribution is -0.153. The summed E-state index contributed by atoms with van der Waals surface area (Å²) in [6.45, 7) is 5.44. The molecule has 0 radical (unpaired) electrons. The molecule has 0 aliphatic heterocycles. The Bertz CT molecular complexity index is 1020. The third-order valence-corrected chi connectivity index (χ3v) is 5.25. The number of carbonyl (C=O) groups excluding carboxylic acids is 2. The molecule has 1 heterocycles. The third kappa shape index (κ3) is 4.79. The second kappa shape index (κ2) is 9.13. The van der Waals surface area contributed by atoms with Crippen molar-refractivity contribution in [2.75, 3.05) is 11.6 Å². The molecule has 0 aliphatic carbocycles. The van der Waals surface area contributed by atoms with Gasteiger partial charge in [0.05, 0.1) is 16.8 Å². The van der Waals surface area contributed by atoms with Crippen LogP contribution in [-0.4, -0.2) is 33.8 Å². The number of nitrogens with one attached hydrogen (secondary N) is 1. The van der Waals surface area contributed by atoms with Gasteiger partial charge in [-0.3, -0.25) is 9.59 Å². The van der Waals surface area contributed by atoms with Crippen molar-refractivity contribution in [1.82, 2.24) is 9.55 Å². The number of esters is 1. The zero-order valence-electron chi connectivity index (χ0n) is 17.1. The van der Waals surface area contributed by atoms with Gasteiger partial charge in [-0.25, -0.2) is 4.98 Å². The maximum absolute atomic E-state index is 12.6. The van der Waals surface area contributed by atoms with E-state index in [1.54, 1.807) is 18.7 Å². The Morgan fingerprint density at radius 2 is 1.83 bits per heavy atom. The molecule has 2 aromatic carbocycles. The number of benzene rings is 2. The van der Waals surface area contributed by atoms with E-state index in [-0.39, 0.29) is 12.5 Å². The van der Waals surface area contributed by atoms with Crippen molar-refractivity contribution in [3.8, 4) is 0 Å². The fourth-order valence-electron chi connectivity index (χ4n) is 3.19. The predicted octanol–water partition coefficient (Wildman–Crippen LogP) is 4.09. The summed E-state index contributed by atoms with van der Waals surface area (Å²) < 4.78 is 7.26. The van der Waals surface area contributed by atoms with Gasteiger partial charge in [0.1, 0.15) is 12.4 Å². The van der Waals surface area contributed by atoms with Crippen LogP contribution >= 0.6 is 11.8 Å². The van der Waals surface area contributed by atoms with E-state index in [2.05, 4.69) is 10.3 Å². The summed E-state index contributed by atoms with van der Waals surface area (Å²) in [5, 5.41) is 2.87. The van der Waals surface area contributed by atoms with E-state index < -0.39 is 12.1 Å². The van der Waals surface area contributed by atoms with Gasteiger partial charge in [0, 0.05) is 5.69 Å². The molecule has 6 nitrogen and oxygen atoms in total. The van der Waals surface area contributed by atoms with Gasteiger partial charge in [0.25, 0.3) is 5.91 Å². The van der Waals surface area contributed by atoms with E-state index in [0.717, 1.165) is 33.7 Å². The van der Waals surface area contributed by atoms with Gasteiger partial charge in [-0.1, -0.05) is 30.3 Å². The summed E-state index contributed by atoms with van der Waals surface area (Å²) in [6.07, 6.45) is 1.09. The van der Waals surface area contributed by atoms with Gasteiger partial charge >= 0.3 is 5.97 Å². The van der Waals surface area contributed by atoms with Crippen molar-refractivity contribution >= 4 is 40.4 Å². The highest BCUT2D eigenvalue weighted by atomic mass is 32.2. The molecule has 3 aromatic rings. The molecule has 0 bridgehead atoms. The van der Waals surface area contributed by atoms with Crippen LogP contribution in [0.3, 0.4) is 0 Å². The van der Waals surface area contributed by atoms with E-state index in [4.69, 9.17) is 4.74 Å². The number of amides is 1. The molecule has 1 atom stereocenters. The highest BCUT2D eigenvalue weighted by Crippen LogP contribution is 2.21. The average Bonchev–Trinajstić information content (AvgIpc) is 3.02. The van der Waals surface area contributed by atoms with Crippen molar-refractivity contribution in [1.29, 1.82) is 0 Å². The van der Waals surface area contributed by atoms with Crippen LogP contribution in [-0.2, 0) is 26.6 Å². The zero-order chi connectivity index (χ0) is 21.0. The van der Waals surface area contributed by atoms with Crippen molar-refractivity contribution in [3.05, 3.63) is 59.4 Å². The molecule has 0 fully saturated rings. The SMILES string of the molecule is CSCc1nc2ccccc2n1CC(=O)O[C@H](C)C(=O)Nc1c(C)cccc1C. The zero-order valence-corrected chi connectivity index (χ0v) is 17.9. The van der Waals surface area contributed by atoms with Gasteiger partial charge in [-0.2, -0.15) is 11.8 Å². The lowest BCUT2D eigenvalue weighted by Gasteiger charge is -2.17. The number of ether oxygens (including phenoxy) is 1. The maximum atomic E-state index is 12.6. The monoisotopic (exact) mass is 411 g/mol. The van der Waals surface area contributed by atoms with Crippen LogP contribution in [0.1, 0.15) is 23.9 Å². The molecule has 152 valence electrons. The molecule has 0 saturated heterocycles. The van der Waals surface area contributed by atoms with Crippen molar-refractivity contribution < 1.29 is 14.3 Å². The standard InChI is InChI=1S/C22H25N3O3S/c1-14-8-7-9-15(2)21(14)24-22(27)16(3)28-20(26)12-25-18-11-6-5-10-17(18)23-19(25)13-29-4/h5-11,16H,12-13H2,1-4H3,(H,24,27)/t16-/m1/s1. The van der Waals surface area contributed by atoms with Gasteiger partial charge in [-0.15, -0.1) is 0 Å². The number of aryl methyl sites for hydroxylation is 2. The second-order valence-corrected chi connectivity index (χ2v) is 7.79. The van der Waals surface area contributed by atoms with Crippen LogP contribution in [0.15, 0.2) is 42.5 Å². The minimum Gasteiger partial charge on any atom is -0.451 e. The molecular formula is C22H25N3O3S. The van der Waals surface area contributed by atoms with E-state index in [0.29, 0.717) is 5.75 Å². The summed E-state index contributed by atoms with van der Waals surface area (Å²) >= 11 is 1.63. The molecule has 0 saturated carbocycles. The Morgan fingerprint density at radius 3 is 2.52 bits per heavy atom. The average molecular weight is 412 g/mol. The Balaban J connectivity index is 1.70. The fourth-order valence-corrected chi connectivity index (χ4v) is 3.67. The molecular weight excluding hydrogens is 386 g/mol. The van der Waals surface area contributed by atoms with E-state index in [9.17, 15) is 9.59 Å². The van der Waals surface area contributed by atoms with E-state index >= 15 is 0 Å². The third-order valence-electron chi connectivity index (χ3n) is 4.70. The molecule has 0 spiro atoms. The number of imidazole rings is 1. The Labute approximate surface area is 174 Å². The molecule has 3 rings (SSSR count). The number of para-hydroxylation sites is 3. The maximum Gasteiger partial charge on any atom is 0.326 e. The van der Waals surface area contributed by atoms with Crippen LogP contribution in [0.4, 0.5) is 5.69 Å². The molecule has 1 N–H and O–H groups in total. The first-order valence-corrected chi connectivity index (χ1v) is 10.8. The predicted molar refractivity (Wildman–Crippen MR) is 117 cm³/mol. The largest absolute Gasteiger partial charge is 0.451 e. The van der Waals surface area contributed by atoms with Crippen LogP contribution in [0, 0.1) is 13.8 Å². The minimum atomic E-state index is -0.903. The van der Waals surface area contributed by atoms with Crippen LogP contribution in [0.2, 0.25) is 0 Å². The Morgan fingerprint density at radius 1 is 1.14 bits per heavy atom. The lowest BCUT2D eigenvalue weighted by Crippen LogP contribution is -2.31. The first-order valence-electron chi connectivity index (χ1n) is 9.40. The van der Waals surface area contributed by atoms with Crippen molar-refractivity contribution in [2.45, 2.75) is 39.2 Å². The number of hydrogen-bond acceptors (Lipinski definition) is 5. The van der Waals surface area contributed by atoms with Crippen LogP contribution < -0.4 is 5.32 Å². The minimum absolute atomic E-state index is 0.0113. The van der Waals surface area contributed by atoms with Gasteiger partial charge in [0.15, 0.2) is 6.10 Å². The Hall–Kier alpha value is -2.80. The van der Waals surface area contributed by atoms with Gasteiger partial charge in [-0.05, 0) is 50.3 Å². The first-order chi connectivity index (χ1) is 13.9. The van der Waals surface area contributed by atoms with Crippen molar-refractivity contribution in [3.63, 3.8) is 0 Å². The Kier molecular flexibility index (Phi) is 6.59. The topological polar surface area (TPSA) is 73.2 Å². The van der Waals surface area contributed by atoms with Gasteiger partial charge in [0.2, 0.25) is 0 Å². The lowest BCUT2D eigenvalue weighted by atomic mass is 10.1. The molecule has 1 aromatic heterocycles. The number of rotatable bonds is 7. The molecule has 29 heavy (non-hydrogen) atoms. The van der Waals surface area contributed by atoms with E-state index in [1.807, 2.05) is 67.1 Å². The molecule has 0 aliphatic rings. The van der Waals surface area contributed by atoms with E-state index in [1.165, 1.54) is 0 Å². The summed E-state index contributed by atoms with van der Waals surface area (Å²) in [6, 6.07) is 13.5. The number of thioether (sulfide) groups is 1. The summed E-state index contributed by atoms with van der Waals surface area (Å²) in [5.74, 6) is 0.670. The number of aromatic nitrogens is 2. The number of fused-ring (bicyclic) bond motifs is 1. The smallest absolute Gasteiger partial charge is 0.326 e. The highest BCUT2D eigenvalue weighted by molar-refractivity contribution is 7.97. The first kappa shape index (κ1) is 20.9. The highest BCUT2D eigenvalue weighted by Gasteiger charge is 2.21. The van der Waals surface area contributed by atoms with Crippen molar-refractivity contribution in [2.24, 2.45) is 0 Å². The molecule has 0 unspecified atom stereocenters. The molecule has 1 amide bonds. The summed E-state index contributed by atoms with van der Waals surface area (Å²) in [5.41, 5.74) is 4.39. The normalized spacial score (nSPS) is 12.0. The fraction of sp³-hybridized carbons (Fsp3) is 0.318.